The van der Waals surface area contributed by atoms with Crippen LogP contribution in [0, 0.1) is 5.82 Å². The Balaban J connectivity index is 2.55. The normalized spacial score (nSPS) is 12.8. The van der Waals surface area contributed by atoms with E-state index >= 15 is 0 Å². The van der Waals surface area contributed by atoms with Crippen molar-refractivity contribution < 1.29 is 9.50 Å². The monoisotopic (exact) mass is 183 g/mol. The molecule has 1 unspecified atom stereocenters. The topological polar surface area (TPSA) is 32.3 Å². The minimum Gasteiger partial charge on any atom is -0.388 e. The van der Waals surface area contributed by atoms with Crippen LogP contribution in [0.4, 0.5) is 4.39 Å². The molecule has 0 bridgehead atoms. The average Bonchev–Trinajstić information content (AvgIpc) is 2.15. The highest BCUT2D eigenvalue weighted by molar-refractivity contribution is 5.18. The second kappa shape index (κ2) is 4.94. The first-order valence-electron chi connectivity index (χ1n) is 4.32. The van der Waals surface area contributed by atoms with Crippen molar-refractivity contribution >= 4 is 0 Å². The second-order valence-electron chi connectivity index (χ2n) is 2.96. The predicted octanol–water partition coefficient (Wildman–Crippen LogP) is 1.47. The molecule has 1 rings (SSSR count). The summed E-state index contributed by atoms with van der Waals surface area (Å²) in [5, 5.41) is 12.5. The van der Waals surface area contributed by atoms with E-state index in [1.165, 1.54) is 12.1 Å². The average molecular weight is 183 g/mol. The van der Waals surface area contributed by atoms with Gasteiger partial charge in [-0.3, -0.25) is 0 Å². The molecule has 0 saturated heterocycles. The molecule has 3 heteroatoms. The van der Waals surface area contributed by atoms with Gasteiger partial charge in [0.15, 0.2) is 0 Å². The molecule has 0 fully saturated rings. The van der Waals surface area contributed by atoms with Gasteiger partial charge in [0.25, 0.3) is 0 Å². The number of halogens is 1. The summed E-state index contributed by atoms with van der Waals surface area (Å²) in [7, 11) is 1.83. The van der Waals surface area contributed by atoms with Crippen LogP contribution >= 0.6 is 0 Å². The summed E-state index contributed by atoms with van der Waals surface area (Å²) in [5.74, 6) is -0.274. The maximum absolute atomic E-state index is 12.5. The van der Waals surface area contributed by atoms with E-state index in [2.05, 4.69) is 5.32 Å². The molecular formula is C10H14FNO. The molecule has 1 atom stereocenters. The Hall–Kier alpha value is -0.930. The van der Waals surface area contributed by atoms with Gasteiger partial charge in [0, 0.05) is 0 Å². The van der Waals surface area contributed by atoms with Crippen LogP contribution in [-0.4, -0.2) is 18.7 Å². The lowest BCUT2D eigenvalue weighted by atomic mass is 10.1. The standard InChI is InChI=1S/C10H14FNO/c1-12-7-6-10(13)8-2-4-9(11)5-3-8/h2-5,10,12-13H,6-7H2,1H3. The minimum absolute atomic E-state index is 0.274. The maximum Gasteiger partial charge on any atom is 0.123 e. The molecule has 0 aliphatic heterocycles. The fourth-order valence-electron chi connectivity index (χ4n) is 1.13. The first-order chi connectivity index (χ1) is 6.24. The lowest BCUT2D eigenvalue weighted by Crippen LogP contribution is -2.11. The van der Waals surface area contributed by atoms with E-state index in [0.29, 0.717) is 6.42 Å². The smallest absolute Gasteiger partial charge is 0.123 e. The summed E-state index contributed by atoms with van der Waals surface area (Å²) in [6.07, 6.45) is 0.135. The Labute approximate surface area is 77.4 Å². The molecular weight excluding hydrogens is 169 g/mol. The summed E-state index contributed by atoms with van der Waals surface area (Å²) in [6.45, 7) is 0.749. The van der Waals surface area contributed by atoms with E-state index in [-0.39, 0.29) is 5.82 Å². The van der Waals surface area contributed by atoms with Crippen molar-refractivity contribution in [3.8, 4) is 0 Å². The highest BCUT2D eigenvalue weighted by Gasteiger charge is 2.05. The fourth-order valence-corrected chi connectivity index (χ4v) is 1.13. The zero-order valence-corrected chi connectivity index (χ0v) is 7.63. The Bertz CT molecular complexity index is 248. The largest absolute Gasteiger partial charge is 0.388 e. The lowest BCUT2D eigenvalue weighted by molar-refractivity contribution is 0.167. The quantitative estimate of drug-likeness (QED) is 0.740. The third-order valence-corrected chi connectivity index (χ3v) is 1.92. The van der Waals surface area contributed by atoms with E-state index in [0.717, 1.165) is 12.1 Å². The number of rotatable bonds is 4. The molecule has 1 aromatic rings. The van der Waals surface area contributed by atoms with Crippen LogP contribution in [0.15, 0.2) is 24.3 Å². The van der Waals surface area contributed by atoms with Crippen molar-refractivity contribution in [2.75, 3.05) is 13.6 Å². The van der Waals surface area contributed by atoms with Crippen molar-refractivity contribution in [1.82, 2.24) is 5.32 Å². The number of hydrogen-bond acceptors (Lipinski definition) is 2. The number of nitrogens with one attached hydrogen (secondary N) is 1. The Morgan fingerprint density at radius 1 is 1.38 bits per heavy atom. The van der Waals surface area contributed by atoms with Gasteiger partial charge in [-0.05, 0) is 37.7 Å². The van der Waals surface area contributed by atoms with Crippen molar-refractivity contribution in [3.63, 3.8) is 0 Å². The maximum atomic E-state index is 12.5. The van der Waals surface area contributed by atoms with Crippen molar-refractivity contribution in [2.24, 2.45) is 0 Å². The lowest BCUT2D eigenvalue weighted by Gasteiger charge is -2.09. The van der Waals surface area contributed by atoms with Crippen LogP contribution in [0.3, 0.4) is 0 Å². The zero-order chi connectivity index (χ0) is 9.68. The van der Waals surface area contributed by atoms with Gasteiger partial charge in [-0.1, -0.05) is 12.1 Å². The van der Waals surface area contributed by atoms with E-state index in [1.807, 2.05) is 7.05 Å². The van der Waals surface area contributed by atoms with Crippen LogP contribution in [0.5, 0.6) is 0 Å². The van der Waals surface area contributed by atoms with E-state index in [4.69, 9.17) is 0 Å². The summed E-state index contributed by atoms with van der Waals surface area (Å²) in [6, 6.07) is 5.93. The van der Waals surface area contributed by atoms with Crippen LogP contribution in [0.2, 0.25) is 0 Å². The van der Waals surface area contributed by atoms with E-state index in [1.54, 1.807) is 12.1 Å². The first-order valence-corrected chi connectivity index (χ1v) is 4.32. The van der Waals surface area contributed by atoms with Crippen molar-refractivity contribution in [2.45, 2.75) is 12.5 Å². The fraction of sp³-hybridized carbons (Fsp3) is 0.400. The molecule has 0 heterocycles. The summed E-state index contributed by atoms with van der Waals surface area (Å²) in [5.41, 5.74) is 0.761. The molecule has 72 valence electrons. The van der Waals surface area contributed by atoms with Gasteiger partial charge in [0.05, 0.1) is 6.10 Å². The number of benzene rings is 1. The molecule has 0 amide bonds. The SMILES string of the molecule is CNCCC(O)c1ccc(F)cc1. The van der Waals surface area contributed by atoms with E-state index < -0.39 is 6.10 Å². The van der Waals surface area contributed by atoms with Crippen LogP contribution in [0.25, 0.3) is 0 Å². The molecule has 0 aromatic heterocycles. The van der Waals surface area contributed by atoms with Gasteiger partial charge in [-0.15, -0.1) is 0 Å². The molecule has 0 aliphatic rings. The van der Waals surface area contributed by atoms with Crippen LogP contribution < -0.4 is 5.32 Å². The zero-order valence-electron chi connectivity index (χ0n) is 7.63. The van der Waals surface area contributed by atoms with Gasteiger partial charge < -0.3 is 10.4 Å². The Morgan fingerprint density at radius 2 is 2.00 bits per heavy atom. The minimum atomic E-state index is -0.506. The van der Waals surface area contributed by atoms with Crippen LogP contribution in [0.1, 0.15) is 18.1 Å². The molecule has 1 aromatic carbocycles. The number of aliphatic hydroxyl groups is 1. The molecule has 0 radical (unpaired) electrons. The van der Waals surface area contributed by atoms with Crippen molar-refractivity contribution in [1.29, 1.82) is 0 Å². The second-order valence-corrected chi connectivity index (χ2v) is 2.96. The Morgan fingerprint density at radius 3 is 2.54 bits per heavy atom. The molecule has 0 aliphatic carbocycles. The Kier molecular flexibility index (Phi) is 3.86. The third-order valence-electron chi connectivity index (χ3n) is 1.92. The highest BCUT2D eigenvalue weighted by atomic mass is 19.1. The molecule has 13 heavy (non-hydrogen) atoms. The van der Waals surface area contributed by atoms with Crippen molar-refractivity contribution in [3.05, 3.63) is 35.6 Å². The highest BCUT2D eigenvalue weighted by Crippen LogP contribution is 2.15. The first kappa shape index (κ1) is 10.2. The molecule has 2 N–H and O–H groups in total. The van der Waals surface area contributed by atoms with Crippen LogP contribution in [-0.2, 0) is 0 Å². The predicted molar refractivity (Wildman–Crippen MR) is 49.9 cm³/mol. The number of hydrogen-bond donors (Lipinski definition) is 2. The third kappa shape index (κ3) is 3.13. The summed E-state index contributed by atoms with van der Waals surface area (Å²) >= 11 is 0. The summed E-state index contributed by atoms with van der Waals surface area (Å²) in [4.78, 5) is 0. The molecule has 0 spiro atoms. The number of aliphatic hydroxyl groups excluding tert-OH is 1. The van der Waals surface area contributed by atoms with E-state index in [9.17, 15) is 9.50 Å². The van der Waals surface area contributed by atoms with Gasteiger partial charge in [-0.2, -0.15) is 0 Å². The van der Waals surface area contributed by atoms with Gasteiger partial charge >= 0.3 is 0 Å². The molecule has 0 saturated carbocycles. The molecule has 2 nitrogen and oxygen atoms in total. The van der Waals surface area contributed by atoms with Gasteiger partial charge in [0.1, 0.15) is 5.82 Å². The van der Waals surface area contributed by atoms with Gasteiger partial charge in [-0.25, -0.2) is 4.39 Å². The van der Waals surface area contributed by atoms with Gasteiger partial charge in [0.2, 0.25) is 0 Å². The summed E-state index contributed by atoms with van der Waals surface area (Å²) < 4.78 is 12.5.